The molecule has 0 aromatic heterocycles. The maximum atomic E-state index is 13.4. The number of ether oxygens (including phenoxy) is 1. The van der Waals surface area contributed by atoms with Crippen molar-refractivity contribution in [3.05, 3.63) is 65.2 Å². The maximum Gasteiger partial charge on any atom is 0.226 e. The van der Waals surface area contributed by atoms with Crippen LogP contribution in [0.25, 0.3) is 0 Å². The molecule has 0 aliphatic carbocycles. The second kappa shape index (κ2) is 12.4. The van der Waals surface area contributed by atoms with Gasteiger partial charge in [0.05, 0.1) is 19.1 Å². The minimum atomic E-state index is -0.406. The van der Waals surface area contributed by atoms with E-state index >= 15 is 0 Å². The molecule has 194 valence electrons. The highest BCUT2D eigenvalue weighted by Crippen LogP contribution is 2.39. The van der Waals surface area contributed by atoms with Crippen LogP contribution in [-0.2, 0) is 22.7 Å². The van der Waals surface area contributed by atoms with Crippen molar-refractivity contribution in [3.8, 4) is 5.75 Å². The molecule has 2 saturated heterocycles. The standard InChI is InChI=1S/C29H40N4O3/c1-4-5-13-33-27(34)19-26(28(33)24-9-11-25(36-3)12-10-24)29(35)30-20-22-7-6-8-23(18-22)21-32-16-14-31(2)15-17-32/h6-12,18,26,28H,4-5,13-17,19-21H2,1-3H3,(H,30,35). The fourth-order valence-corrected chi connectivity index (χ4v) is 5.25. The fourth-order valence-electron chi connectivity index (χ4n) is 5.25. The molecule has 2 heterocycles. The monoisotopic (exact) mass is 492 g/mol. The van der Waals surface area contributed by atoms with Crippen LogP contribution in [0.4, 0.5) is 0 Å². The Morgan fingerprint density at radius 2 is 1.78 bits per heavy atom. The van der Waals surface area contributed by atoms with Gasteiger partial charge < -0.3 is 19.9 Å². The molecule has 2 fully saturated rings. The zero-order valence-electron chi connectivity index (χ0n) is 21.9. The van der Waals surface area contributed by atoms with Crippen LogP contribution in [0.2, 0.25) is 0 Å². The number of piperazine rings is 1. The van der Waals surface area contributed by atoms with E-state index in [2.05, 4.69) is 53.4 Å². The van der Waals surface area contributed by atoms with E-state index in [1.807, 2.05) is 29.2 Å². The van der Waals surface area contributed by atoms with Crippen molar-refractivity contribution in [2.75, 3.05) is 46.9 Å². The molecule has 0 spiro atoms. The van der Waals surface area contributed by atoms with Crippen molar-refractivity contribution in [1.82, 2.24) is 20.0 Å². The lowest BCUT2D eigenvalue weighted by Crippen LogP contribution is -2.43. The Morgan fingerprint density at radius 1 is 1.06 bits per heavy atom. The Morgan fingerprint density at radius 3 is 2.47 bits per heavy atom. The van der Waals surface area contributed by atoms with E-state index in [4.69, 9.17) is 4.74 Å². The minimum Gasteiger partial charge on any atom is -0.497 e. The molecular weight excluding hydrogens is 452 g/mol. The quantitative estimate of drug-likeness (QED) is 0.550. The van der Waals surface area contributed by atoms with Crippen molar-refractivity contribution in [1.29, 1.82) is 0 Å². The summed E-state index contributed by atoms with van der Waals surface area (Å²) in [5.41, 5.74) is 3.33. The summed E-state index contributed by atoms with van der Waals surface area (Å²) < 4.78 is 5.30. The van der Waals surface area contributed by atoms with E-state index in [0.717, 1.165) is 62.4 Å². The lowest BCUT2D eigenvalue weighted by atomic mass is 9.92. The topological polar surface area (TPSA) is 65.1 Å². The number of nitrogens with one attached hydrogen (secondary N) is 1. The second-order valence-electron chi connectivity index (χ2n) is 10.1. The van der Waals surface area contributed by atoms with Gasteiger partial charge in [-0.2, -0.15) is 0 Å². The molecule has 0 radical (unpaired) electrons. The molecule has 7 nitrogen and oxygen atoms in total. The van der Waals surface area contributed by atoms with Gasteiger partial charge in [-0.25, -0.2) is 0 Å². The highest BCUT2D eigenvalue weighted by Gasteiger charge is 2.44. The highest BCUT2D eigenvalue weighted by atomic mass is 16.5. The SMILES string of the molecule is CCCCN1C(=O)CC(C(=O)NCc2cccc(CN3CCN(C)CC3)c2)C1c1ccc(OC)cc1. The van der Waals surface area contributed by atoms with Crippen molar-refractivity contribution < 1.29 is 14.3 Å². The molecule has 0 bridgehead atoms. The third-order valence-electron chi connectivity index (χ3n) is 7.44. The lowest BCUT2D eigenvalue weighted by molar-refractivity contribution is -0.129. The Balaban J connectivity index is 1.42. The fraction of sp³-hybridized carbons (Fsp3) is 0.517. The van der Waals surface area contributed by atoms with Crippen LogP contribution in [0.1, 0.15) is 48.9 Å². The predicted molar refractivity (Wildman–Crippen MR) is 142 cm³/mol. The van der Waals surface area contributed by atoms with Crippen LogP contribution in [0, 0.1) is 5.92 Å². The smallest absolute Gasteiger partial charge is 0.226 e. The number of rotatable bonds is 10. The Hall–Kier alpha value is -2.90. The second-order valence-corrected chi connectivity index (χ2v) is 10.1. The summed E-state index contributed by atoms with van der Waals surface area (Å²) in [6.45, 7) is 8.53. The molecule has 2 aliphatic heterocycles. The largest absolute Gasteiger partial charge is 0.497 e. The summed E-state index contributed by atoms with van der Waals surface area (Å²) in [6.07, 6.45) is 2.17. The molecule has 2 aromatic rings. The number of hydrogen-bond donors (Lipinski definition) is 1. The van der Waals surface area contributed by atoms with Crippen molar-refractivity contribution in [2.24, 2.45) is 5.92 Å². The minimum absolute atomic E-state index is 0.0543. The van der Waals surface area contributed by atoms with E-state index in [9.17, 15) is 9.59 Å². The van der Waals surface area contributed by atoms with Gasteiger partial charge in [-0.05, 0) is 42.3 Å². The van der Waals surface area contributed by atoms with Crippen LogP contribution in [0.15, 0.2) is 48.5 Å². The van der Waals surface area contributed by atoms with E-state index < -0.39 is 5.92 Å². The average Bonchev–Trinajstić information content (AvgIpc) is 3.23. The number of likely N-dealkylation sites (N-methyl/N-ethyl adjacent to an activating group) is 1. The number of likely N-dealkylation sites (tertiary alicyclic amines) is 1. The van der Waals surface area contributed by atoms with Crippen molar-refractivity contribution in [2.45, 2.75) is 45.3 Å². The molecule has 1 N–H and O–H groups in total. The van der Waals surface area contributed by atoms with Gasteiger partial charge in [0, 0.05) is 52.2 Å². The Kier molecular flexibility index (Phi) is 8.99. The van der Waals surface area contributed by atoms with Crippen LogP contribution in [0.3, 0.4) is 0 Å². The molecule has 4 rings (SSSR count). The zero-order chi connectivity index (χ0) is 25.5. The molecule has 2 atom stereocenters. The lowest BCUT2D eigenvalue weighted by Gasteiger charge is -2.32. The molecule has 2 aromatic carbocycles. The van der Waals surface area contributed by atoms with Crippen molar-refractivity contribution >= 4 is 11.8 Å². The normalized spacial score (nSPS) is 21.1. The Labute approximate surface area is 215 Å². The van der Waals surface area contributed by atoms with Gasteiger partial charge in [0.1, 0.15) is 5.75 Å². The van der Waals surface area contributed by atoms with Gasteiger partial charge in [0.2, 0.25) is 11.8 Å². The van der Waals surface area contributed by atoms with E-state index in [0.29, 0.717) is 13.1 Å². The first-order valence-corrected chi connectivity index (χ1v) is 13.2. The first kappa shape index (κ1) is 26.2. The van der Waals surface area contributed by atoms with Crippen LogP contribution >= 0.6 is 0 Å². The molecular formula is C29H40N4O3. The first-order chi connectivity index (χ1) is 17.5. The number of carbonyl (C=O) groups excluding carboxylic acids is 2. The number of benzene rings is 2. The summed E-state index contributed by atoms with van der Waals surface area (Å²) in [4.78, 5) is 33.1. The number of hydrogen-bond acceptors (Lipinski definition) is 5. The predicted octanol–water partition coefficient (Wildman–Crippen LogP) is 3.45. The summed E-state index contributed by atoms with van der Waals surface area (Å²) in [5.74, 6) is 0.350. The third kappa shape index (κ3) is 6.45. The third-order valence-corrected chi connectivity index (χ3v) is 7.44. The van der Waals surface area contributed by atoms with Crippen LogP contribution in [-0.4, -0.2) is 73.4 Å². The molecule has 0 saturated carbocycles. The van der Waals surface area contributed by atoms with Gasteiger partial charge in [0.15, 0.2) is 0 Å². The first-order valence-electron chi connectivity index (χ1n) is 13.2. The number of unbranched alkanes of at least 4 members (excludes halogenated alkanes) is 1. The summed E-state index contributed by atoms with van der Waals surface area (Å²) in [6, 6.07) is 16.0. The number of amides is 2. The van der Waals surface area contributed by atoms with E-state index in [-0.39, 0.29) is 24.3 Å². The molecule has 7 heteroatoms. The summed E-state index contributed by atoms with van der Waals surface area (Å²) >= 11 is 0. The molecule has 2 unspecified atom stereocenters. The summed E-state index contributed by atoms with van der Waals surface area (Å²) in [5, 5.41) is 3.13. The number of carbonyl (C=O) groups is 2. The average molecular weight is 493 g/mol. The van der Waals surface area contributed by atoms with Crippen LogP contribution < -0.4 is 10.1 Å². The molecule has 36 heavy (non-hydrogen) atoms. The van der Waals surface area contributed by atoms with Gasteiger partial charge in [-0.15, -0.1) is 0 Å². The Bertz CT molecular complexity index is 1020. The van der Waals surface area contributed by atoms with Gasteiger partial charge >= 0.3 is 0 Å². The zero-order valence-corrected chi connectivity index (χ0v) is 21.9. The van der Waals surface area contributed by atoms with Gasteiger partial charge in [0.25, 0.3) is 0 Å². The van der Waals surface area contributed by atoms with E-state index in [1.54, 1.807) is 7.11 Å². The van der Waals surface area contributed by atoms with E-state index in [1.165, 1.54) is 5.56 Å². The van der Waals surface area contributed by atoms with Gasteiger partial charge in [-0.3, -0.25) is 14.5 Å². The van der Waals surface area contributed by atoms with Crippen LogP contribution in [0.5, 0.6) is 5.75 Å². The maximum absolute atomic E-state index is 13.4. The molecule has 2 aliphatic rings. The van der Waals surface area contributed by atoms with Gasteiger partial charge in [-0.1, -0.05) is 49.7 Å². The molecule has 2 amide bonds. The number of methoxy groups -OCH3 is 1. The number of nitrogens with zero attached hydrogens (tertiary/aromatic N) is 3. The highest BCUT2D eigenvalue weighted by molar-refractivity contribution is 5.90. The summed E-state index contributed by atoms with van der Waals surface area (Å²) in [7, 11) is 3.80. The van der Waals surface area contributed by atoms with Crippen molar-refractivity contribution in [3.63, 3.8) is 0 Å².